The number of aromatic nitrogens is 1. The van der Waals surface area contributed by atoms with Gasteiger partial charge in [-0.3, -0.25) is 0 Å². The SMILES string of the molecule is CC(C)[C@@]1(O)[C@@H](OC(=O)c2ccc[nH]2)[C@@]2(O)[C@@]3(C)C[C@]4(O)OC5([C@H](O)[C@H](C)CC[C@@]53O)[C@@]2(O)[C@@]14C. The first kappa shape index (κ1) is 23.8. The van der Waals surface area contributed by atoms with Gasteiger partial charge in [-0.05, 0) is 43.7 Å². The van der Waals surface area contributed by atoms with Gasteiger partial charge in [0.25, 0.3) is 0 Å². The average molecular weight is 494 g/mol. The molecule has 1 aromatic rings. The lowest BCUT2D eigenvalue weighted by molar-refractivity contribution is -0.390. The van der Waals surface area contributed by atoms with Crippen molar-refractivity contribution in [2.24, 2.45) is 22.7 Å². The predicted molar refractivity (Wildman–Crippen MR) is 119 cm³/mol. The largest absolute Gasteiger partial charge is 0.451 e. The van der Waals surface area contributed by atoms with Gasteiger partial charge in [0, 0.05) is 18.0 Å². The lowest BCUT2D eigenvalue weighted by Gasteiger charge is -2.60. The Morgan fingerprint density at radius 1 is 1.20 bits per heavy atom. The van der Waals surface area contributed by atoms with Crippen molar-refractivity contribution in [1.29, 1.82) is 0 Å². The Morgan fingerprint density at radius 3 is 2.43 bits per heavy atom. The smallest absolute Gasteiger partial charge is 0.355 e. The fourth-order valence-electron chi connectivity index (χ4n) is 9.56. The quantitative estimate of drug-likeness (QED) is 0.282. The maximum atomic E-state index is 13.2. The van der Waals surface area contributed by atoms with Crippen LogP contribution in [0, 0.1) is 22.7 Å². The Bertz CT molecular complexity index is 1130. The minimum Gasteiger partial charge on any atom is -0.451 e. The lowest BCUT2D eigenvalue weighted by atomic mass is 9.52. The topological polar surface area (TPSA) is 173 Å². The van der Waals surface area contributed by atoms with Gasteiger partial charge < -0.3 is 45.1 Å². The number of carbonyl (C=O) groups is 1. The number of carbonyl (C=O) groups excluding carboxylic acids is 1. The molecule has 194 valence electrons. The molecule has 4 aliphatic carbocycles. The predicted octanol–water partition coefficient (Wildman–Crippen LogP) is -0.188. The van der Waals surface area contributed by atoms with Crippen LogP contribution in [0.2, 0.25) is 0 Å². The van der Waals surface area contributed by atoms with Crippen LogP contribution in [-0.2, 0) is 9.47 Å². The van der Waals surface area contributed by atoms with Crippen molar-refractivity contribution in [3.05, 3.63) is 24.0 Å². The van der Waals surface area contributed by atoms with E-state index in [1.54, 1.807) is 26.8 Å². The van der Waals surface area contributed by atoms with E-state index in [2.05, 4.69) is 4.98 Å². The third-order valence-electron chi connectivity index (χ3n) is 11.3. The number of ether oxygens (including phenoxy) is 2. The van der Waals surface area contributed by atoms with Gasteiger partial charge in [0.05, 0.1) is 11.5 Å². The van der Waals surface area contributed by atoms with Crippen LogP contribution in [0.5, 0.6) is 0 Å². The van der Waals surface area contributed by atoms with Gasteiger partial charge in [-0.2, -0.15) is 0 Å². The molecule has 2 aliphatic heterocycles. The Kier molecular flexibility index (Phi) is 4.06. The van der Waals surface area contributed by atoms with Crippen LogP contribution in [-0.4, -0.2) is 87.6 Å². The minimum absolute atomic E-state index is 0.0654. The molecule has 3 heterocycles. The van der Waals surface area contributed by atoms with E-state index in [9.17, 15) is 35.4 Å². The van der Waals surface area contributed by atoms with Crippen LogP contribution >= 0.6 is 0 Å². The standard InChI is InChI=1S/C25H35NO9/c1-12(2)22(31)17(34-16(28)14-7-6-10-26-14)23(32)18(4)11-21(30)19(22,5)25(23,33)24(35-21)15(27)13(3)8-9-20(18,24)29/h6-7,10,12-13,15,17,26-27,29-33H,8-9,11H2,1-5H3/t13-,15-,17-,18+,19-,20+,21+,22-,23-,24?,25-/m1/s1. The molecule has 0 radical (unpaired) electrons. The van der Waals surface area contributed by atoms with Crippen LogP contribution in [0.4, 0.5) is 0 Å². The lowest BCUT2D eigenvalue weighted by Crippen LogP contribution is -2.75. The summed E-state index contributed by atoms with van der Waals surface area (Å²) in [6, 6.07) is 3.06. The summed E-state index contributed by atoms with van der Waals surface area (Å²) in [5.74, 6) is -4.34. The molecule has 4 saturated carbocycles. The highest BCUT2D eigenvalue weighted by molar-refractivity contribution is 5.87. The molecule has 1 aromatic heterocycles. The van der Waals surface area contributed by atoms with Crippen LogP contribution in [0.15, 0.2) is 18.3 Å². The van der Waals surface area contributed by atoms with E-state index >= 15 is 0 Å². The summed E-state index contributed by atoms with van der Waals surface area (Å²) in [6.07, 6.45) is -1.63. The number of aliphatic hydroxyl groups excluding tert-OH is 1. The maximum Gasteiger partial charge on any atom is 0.355 e. The number of aromatic amines is 1. The summed E-state index contributed by atoms with van der Waals surface area (Å²) in [5.41, 5.74) is -15.2. The average Bonchev–Trinajstić information content (AvgIpc) is 3.41. The highest BCUT2D eigenvalue weighted by Crippen LogP contribution is 2.90. The molecule has 7 rings (SSSR count). The highest BCUT2D eigenvalue weighted by Gasteiger charge is 3.10. The molecule has 10 nitrogen and oxygen atoms in total. The third-order valence-corrected chi connectivity index (χ3v) is 11.3. The van der Waals surface area contributed by atoms with Crippen LogP contribution in [0.1, 0.15) is 64.4 Å². The molecular formula is C25H35NO9. The number of hydrogen-bond donors (Lipinski definition) is 7. The number of rotatable bonds is 3. The molecule has 1 unspecified atom stereocenters. The maximum absolute atomic E-state index is 13.2. The number of H-pyrrole nitrogens is 1. The first-order valence-electron chi connectivity index (χ1n) is 12.4. The van der Waals surface area contributed by atoms with Gasteiger partial charge in [-0.25, -0.2) is 4.79 Å². The summed E-state index contributed by atoms with van der Waals surface area (Å²) < 4.78 is 12.1. The second-order valence-electron chi connectivity index (χ2n) is 12.4. The molecule has 11 atom stereocenters. The summed E-state index contributed by atoms with van der Waals surface area (Å²) in [7, 11) is 0. The van der Waals surface area contributed by atoms with Crippen molar-refractivity contribution in [1.82, 2.24) is 4.98 Å². The molecule has 0 aromatic carbocycles. The Balaban J connectivity index is 1.69. The minimum atomic E-state index is -2.59. The number of nitrogens with one attached hydrogen (secondary N) is 1. The van der Waals surface area contributed by atoms with E-state index in [-0.39, 0.29) is 18.5 Å². The van der Waals surface area contributed by atoms with Crippen LogP contribution < -0.4 is 0 Å². The summed E-state index contributed by atoms with van der Waals surface area (Å²) in [4.78, 5) is 15.9. The highest BCUT2D eigenvalue weighted by atomic mass is 16.7. The molecule has 2 saturated heterocycles. The van der Waals surface area contributed by atoms with Gasteiger partial charge in [0.15, 0.2) is 17.5 Å². The molecule has 35 heavy (non-hydrogen) atoms. The molecule has 0 amide bonds. The molecule has 6 bridgehead atoms. The van der Waals surface area contributed by atoms with Crippen LogP contribution in [0.25, 0.3) is 0 Å². The monoisotopic (exact) mass is 493 g/mol. The van der Waals surface area contributed by atoms with E-state index in [1.165, 1.54) is 26.1 Å². The van der Waals surface area contributed by atoms with E-state index < -0.39 is 74.6 Å². The van der Waals surface area contributed by atoms with E-state index in [4.69, 9.17) is 9.47 Å². The molecule has 7 N–H and O–H groups in total. The Hall–Kier alpha value is -1.53. The van der Waals surface area contributed by atoms with Crippen molar-refractivity contribution in [3.63, 3.8) is 0 Å². The second kappa shape index (κ2) is 5.96. The summed E-state index contributed by atoms with van der Waals surface area (Å²) in [5, 5.41) is 73.9. The molecular weight excluding hydrogens is 458 g/mol. The van der Waals surface area contributed by atoms with Crippen molar-refractivity contribution >= 4 is 5.97 Å². The fourth-order valence-corrected chi connectivity index (χ4v) is 9.56. The zero-order chi connectivity index (χ0) is 25.8. The first-order valence-corrected chi connectivity index (χ1v) is 12.4. The van der Waals surface area contributed by atoms with E-state index in [0.717, 1.165) is 0 Å². The normalized spacial score (nSPS) is 59.8. The number of aliphatic hydroxyl groups is 6. The first-order chi connectivity index (χ1) is 16.0. The van der Waals surface area contributed by atoms with Gasteiger partial charge >= 0.3 is 5.97 Å². The zero-order valence-electron chi connectivity index (χ0n) is 20.6. The Morgan fingerprint density at radius 2 is 1.86 bits per heavy atom. The summed E-state index contributed by atoms with van der Waals surface area (Å²) in [6.45, 7) is 7.91. The summed E-state index contributed by atoms with van der Waals surface area (Å²) >= 11 is 0. The number of hydrogen-bond acceptors (Lipinski definition) is 9. The van der Waals surface area contributed by atoms with Gasteiger partial charge in [-0.1, -0.05) is 27.7 Å². The fraction of sp³-hybridized carbons (Fsp3) is 0.800. The molecule has 10 heteroatoms. The van der Waals surface area contributed by atoms with Crippen LogP contribution in [0.3, 0.4) is 0 Å². The number of esters is 1. The zero-order valence-corrected chi connectivity index (χ0v) is 20.6. The second-order valence-corrected chi connectivity index (χ2v) is 12.4. The molecule has 6 aliphatic rings. The molecule has 1 spiro atoms. The van der Waals surface area contributed by atoms with Gasteiger partial charge in [0.2, 0.25) is 0 Å². The van der Waals surface area contributed by atoms with Crippen molar-refractivity contribution < 1.29 is 44.9 Å². The van der Waals surface area contributed by atoms with Crippen molar-refractivity contribution in [3.8, 4) is 0 Å². The van der Waals surface area contributed by atoms with Crippen molar-refractivity contribution in [2.75, 3.05) is 0 Å². The van der Waals surface area contributed by atoms with Gasteiger partial charge in [-0.15, -0.1) is 0 Å². The third kappa shape index (κ3) is 1.74. The van der Waals surface area contributed by atoms with E-state index in [1.807, 2.05) is 0 Å². The Labute approximate surface area is 202 Å². The molecule has 6 fully saturated rings. The van der Waals surface area contributed by atoms with Crippen molar-refractivity contribution in [2.45, 2.75) is 99.9 Å². The van der Waals surface area contributed by atoms with Gasteiger partial charge in [0.1, 0.15) is 28.1 Å². The van der Waals surface area contributed by atoms with E-state index in [0.29, 0.717) is 6.42 Å².